The second-order valence-corrected chi connectivity index (χ2v) is 5.46. The Kier molecular flexibility index (Phi) is 5.20. The minimum Gasteiger partial charge on any atom is -0.445 e. The first-order valence-corrected chi connectivity index (χ1v) is 7.16. The molecule has 2 aliphatic rings. The zero-order chi connectivity index (χ0) is 15.3. The summed E-state index contributed by atoms with van der Waals surface area (Å²) in [7, 11) is 3.59. The minimum absolute atomic E-state index is 0.148. The number of benzene rings is 1. The number of carbonyl (C=O) groups is 1. The highest BCUT2D eigenvalue weighted by Crippen LogP contribution is 2.58. The number of ether oxygens (including phenoxy) is 3. The van der Waals surface area contributed by atoms with Crippen molar-refractivity contribution < 1.29 is 19.0 Å². The Morgan fingerprint density at radius 1 is 1.29 bits per heavy atom. The van der Waals surface area contributed by atoms with Crippen LogP contribution >= 0.6 is 0 Å². The quantitative estimate of drug-likeness (QED) is 0.925. The van der Waals surface area contributed by atoms with E-state index in [0.717, 1.165) is 11.5 Å². The lowest BCUT2D eigenvalue weighted by molar-refractivity contribution is -0.0457. The zero-order valence-corrected chi connectivity index (χ0v) is 12.6. The van der Waals surface area contributed by atoms with Crippen LogP contribution < -0.4 is 5.73 Å². The summed E-state index contributed by atoms with van der Waals surface area (Å²) < 4.78 is 15.4. The summed E-state index contributed by atoms with van der Waals surface area (Å²) in [6.45, 7) is 0.246. The molecule has 0 aliphatic heterocycles. The molecule has 1 amide bonds. The van der Waals surface area contributed by atoms with Gasteiger partial charge in [0.15, 0.2) is 0 Å². The van der Waals surface area contributed by atoms with Crippen molar-refractivity contribution in [1.29, 1.82) is 0 Å². The number of nitrogens with two attached hydrogens (primary N) is 1. The van der Waals surface area contributed by atoms with E-state index in [9.17, 15) is 4.79 Å². The SMILES string of the molecule is COC1CCC2CC21OC.NC(=O)OCc1ccccc1. The predicted octanol–water partition coefficient (Wildman–Crippen LogP) is 2.48. The third kappa shape index (κ3) is 3.74. The van der Waals surface area contributed by atoms with Crippen LogP contribution in [0.25, 0.3) is 0 Å². The molecule has 21 heavy (non-hydrogen) atoms. The molecular formula is C16H23NO4. The topological polar surface area (TPSA) is 70.8 Å². The molecule has 2 N–H and O–H groups in total. The molecule has 3 atom stereocenters. The van der Waals surface area contributed by atoms with Crippen LogP contribution in [-0.2, 0) is 20.8 Å². The fourth-order valence-electron chi connectivity index (χ4n) is 3.09. The molecule has 1 aromatic rings. The van der Waals surface area contributed by atoms with E-state index in [1.54, 1.807) is 14.2 Å². The molecule has 0 bridgehead atoms. The van der Waals surface area contributed by atoms with Crippen LogP contribution in [0.3, 0.4) is 0 Å². The summed E-state index contributed by atoms with van der Waals surface area (Å²) in [5.74, 6) is 0.808. The van der Waals surface area contributed by atoms with Crippen LogP contribution in [0, 0.1) is 5.92 Å². The molecule has 0 aromatic heterocycles. The molecule has 2 saturated carbocycles. The Labute approximate surface area is 125 Å². The van der Waals surface area contributed by atoms with Gasteiger partial charge in [0.05, 0.1) is 11.7 Å². The van der Waals surface area contributed by atoms with Crippen molar-refractivity contribution in [2.75, 3.05) is 14.2 Å². The summed E-state index contributed by atoms with van der Waals surface area (Å²) in [4.78, 5) is 10.2. The van der Waals surface area contributed by atoms with E-state index >= 15 is 0 Å². The highest BCUT2D eigenvalue weighted by molar-refractivity contribution is 5.64. The lowest BCUT2D eigenvalue weighted by Crippen LogP contribution is -2.29. The normalized spacial score (nSPS) is 29.0. The third-order valence-corrected chi connectivity index (χ3v) is 4.31. The Morgan fingerprint density at radius 2 is 2.00 bits per heavy atom. The molecule has 2 fully saturated rings. The Hall–Kier alpha value is -1.59. The number of hydrogen-bond acceptors (Lipinski definition) is 4. The fraction of sp³-hybridized carbons (Fsp3) is 0.562. The molecule has 116 valence electrons. The van der Waals surface area contributed by atoms with Gasteiger partial charge in [0.2, 0.25) is 0 Å². The van der Waals surface area contributed by atoms with Crippen molar-refractivity contribution in [3.63, 3.8) is 0 Å². The number of methoxy groups -OCH3 is 2. The lowest BCUT2D eigenvalue weighted by Gasteiger charge is -2.19. The minimum atomic E-state index is -0.742. The van der Waals surface area contributed by atoms with Crippen molar-refractivity contribution in [3.05, 3.63) is 35.9 Å². The van der Waals surface area contributed by atoms with E-state index in [0.29, 0.717) is 6.10 Å². The molecule has 5 heteroatoms. The standard InChI is InChI=1S/C8H9NO2.C8H14O2/c9-8(10)11-6-7-4-2-1-3-5-7;1-9-7-4-3-6-5-8(6,7)10-2/h1-5H,6H2,(H2,9,10);6-7H,3-5H2,1-2H3. The number of carbonyl (C=O) groups excluding carboxylic acids is 1. The molecule has 3 rings (SSSR count). The number of amides is 1. The fourth-order valence-corrected chi connectivity index (χ4v) is 3.09. The van der Waals surface area contributed by atoms with Gasteiger partial charge >= 0.3 is 6.09 Å². The third-order valence-electron chi connectivity index (χ3n) is 4.31. The number of primary amides is 1. The monoisotopic (exact) mass is 293 g/mol. The van der Waals surface area contributed by atoms with E-state index in [1.807, 2.05) is 30.3 Å². The van der Waals surface area contributed by atoms with E-state index < -0.39 is 6.09 Å². The Bertz CT molecular complexity index is 461. The molecule has 2 aliphatic carbocycles. The van der Waals surface area contributed by atoms with Crippen LogP contribution in [0.5, 0.6) is 0 Å². The molecule has 0 saturated heterocycles. The highest BCUT2D eigenvalue weighted by atomic mass is 16.5. The predicted molar refractivity (Wildman–Crippen MR) is 78.7 cm³/mol. The van der Waals surface area contributed by atoms with Gasteiger partial charge < -0.3 is 19.9 Å². The van der Waals surface area contributed by atoms with E-state index in [1.165, 1.54) is 19.3 Å². The summed E-state index contributed by atoms with van der Waals surface area (Å²) in [6, 6.07) is 9.37. The Balaban J connectivity index is 0.000000154. The molecule has 0 radical (unpaired) electrons. The van der Waals surface area contributed by atoms with Gasteiger partial charge in [-0.3, -0.25) is 0 Å². The largest absolute Gasteiger partial charge is 0.445 e. The van der Waals surface area contributed by atoms with Gasteiger partial charge in [-0.2, -0.15) is 0 Å². The van der Waals surface area contributed by atoms with Crippen molar-refractivity contribution in [1.82, 2.24) is 0 Å². The van der Waals surface area contributed by atoms with Gasteiger partial charge in [-0.15, -0.1) is 0 Å². The number of hydrogen-bond donors (Lipinski definition) is 1. The van der Waals surface area contributed by atoms with Gasteiger partial charge in [-0.25, -0.2) is 4.79 Å². The lowest BCUT2D eigenvalue weighted by atomic mass is 10.2. The van der Waals surface area contributed by atoms with Crippen molar-refractivity contribution in [2.24, 2.45) is 11.7 Å². The van der Waals surface area contributed by atoms with Crippen LogP contribution in [0.4, 0.5) is 4.79 Å². The number of rotatable bonds is 4. The zero-order valence-electron chi connectivity index (χ0n) is 12.6. The van der Waals surface area contributed by atoms with Gasteiger partial charge in [-0.05, 0) is 30.7 Å². The summed E-state index contributed by atoms with van der Waals surface area (Å²) in [5, 5.41) is 0. The maximum Gasteiger partial charge on any atom is 0.404 e. The van der Waals surface area contributed by atoms with E-state index in [4.69, 9.17) is 15.2 Å². The first kappa shape index (κ1) is 15.8. The summed E-state index contributed by atoms with van der Waals surface area (Å²) in [5.41, 5.74) is 5.86. The second kappa shape index (κ2) is 6.91. The van der Waals surface area contributed by atoms with Crippen LogP contribution in [0.15, 0.2) is 30.3 Å². The van der Waals surface area contributed by atoms with Crippen molar-refractivity contribution in [2.45, 2.75) is 37.6 Å². The molecular weight excluding hydrogens is 270 g/mol. The van der Waals surface area contributed by atoms with Crippen molar-refractivity contribution >= 4 is 6.09 Å². The molecule has 1 aromatic carbocycles. The average Bonchev–Trinajstić information content (AvgIpc) is 3.13. The maximum absolute atomic E-state index is 10.2. The summed E-state index contributed by atoms with van der Waals surface area (Å²) in [6.07, 6.45) is 3.35. The van der Waals surface area contributed by atoms with Gasteiger partial charge in [0.25, 0.3) is 0 Å². The first-order valence-electron chi connectivity index (χ1n) is 7.16. The smallest absolute Gasteiger partial charge is 0.404 e. The van der Waals surface area contributed by atoms with Gasteiger partial charge in [0.1, 0.15) is 6.61 Å². The highest BCUT2D eigenvalue weighted by Gasteiger charge is 2.64. The number of fused-ring (bicyclic) bond motifs is 1. The first-order chi connectivity index (χ1) is 10.1. The van der Waals surface area contributed by atoms with E-state index in [-0.39, 0.29) is 12.2 Å². The molecule has 0 heterocycles. The molecule has 3 unspecified atom stereocenters. The molecule has 0 spiro atoms. The summed E-state index contributed by atoms with van der Waals surface area (Å²) >= 11 is 0. The second-order valence-electron chi connectivity index (χ2n) is 5.46. The maximum atomic E-state index is 10.2. The van der Waals surface area contributed by atoms with Crippen LogP contribution in [0.1, 0.15) is 24.8 Å². The Morgan fingerprint density at radius 3 is 2.48 bits per heavy atom. The van der Waals surface area contributed by atoms with Crippen molar-refractivity contribution in [3.8, 4) is 0 Å². The average molecular weight is 293 g/mol. The van der Waals surface area contributed by atoms with Gasteiger partial charge in [0, 0.05) is 14.2 Å². The van der Waals surface area contributed by atoms with E-state index in [2.05, 4.69) is 4.74 Å². The molecule has 5 nitrogen and oxygen atoms in total. The van der Waals surface area contributed by atoms with Gasteiger partial charge in [-0.1, -0.05) is 30.3 Å². The van der Waals surface area contributed by atoms with Crippen LogP contribution in [-0.4, -0.2) is 32.0 Å². The van der Waals surface area contributed by atoms with Crippen LogP contribution in [0.2, 0.25) is 0 Å².